The fourth-order valence-corrected chi connectivity index (χ4v) is 3.42. The average Bonchev–Trinajstić information content (AvgIpc) is 2.66. The molecule has 2 heteroatoms. The molecule has 0 amide bonds. The molecule has 1 aliphatic heterocycles. The maximum absolute atomic E-state index is 13.0. The molecular formula is C24H27NO. The van der Waals surface area contributed by atoms with Crippen LogP contribution in [-0.4, -0.2) is 30.8 Å². The Kier molecular flexibility index (Phi) is 5.85. The van der Waals surface area contributed by atoms with Crippen LogP contribution in [0.15, 0.2) is 59.7 Å². The van der Waals surface area contributed by atoms with Crippen LogP contribution in [0, 0.1) is 0 Å². The van der Waals surface area contributed by atoms with Gasteiger partial charge in [-0.2, -0.15) is 0 Å². The fraction of sp³-hybridized carbons (Fsp3) is 0.292. The number of carbonyl (C=O) groups is 1. The molecule has 26 heavy (non-hydrogen) atoms. The number of Topliss-reactive ketones (excluding diaryl/α,β-unsaturated/α-hetero) is 1. The molecule has 1 heterocycles. The number of benzene rings is 2. The molecule has 1 fully saturated rings. The smallest absolute Gasteiger partial charge is 0.187 e. The Labute approximate surface area is 156 Å². The monoisotopic (exact) mass is 345 g/mol. The third kappa shape index (κ3) is 4.39. The SMILES string of the molecule is CCc1cccc(C=C2CN(C)CC(=Cc3cccc(CC)c3)C2=O)c1. The molecule has 1 saturated heterocycles. The van der Waals surface area contributed by atoms with Gasteiger partial charge in [-0.3, -0.25) is 9.69 Å². The van der Waals surface area contributed by atoms with Crippen molar-refractivity contribution in [1.82, 2.24) is 4.90 Å². The third-order valence-corrected chi connectivity index (χ3v) is 4.86. The van der Waals surface area contributed by atoms with Crippen molar-refractivity contribution in [3.8, 4) is 0 Å². The van der Waals surface area contributed by atoms with Gasteiger partial charge in [0, 0.05) is 24.2 Å². The third-order valence-electron chi connectivity index (χ3n) is 4.86. The number of piperidine rings is 1. The molecule has 2 aromatic rings. The number of aryl methyl sites for hydroxylation is 2. The molecule has 2 aromatic carbocycles. The molecule has 0 unspecified atom stereocenters. The Hall–Kier alpha value is -2.45. The molecule has 0 radical (unpaired) electrons. The van der Waals surface area contributed by atoms with Gasteiger partial charge in [0.25, 0.3) is 0 Å². The summed E-state index contributed by atoms with van der Waals surface area (Å²) in [6.07, 6.45) is 6.11. The van der Waals surface area contributed by atoms with Crippen LogP contribution < -0.4 is 0 Å². The van der Waals surface area contributed by atoms with Crippen molar-refractivity contribution in [3.63, 3.8) is 0 Å². The van der Waals surface area contributed by atoms with Crippen LogP contribution in [0.2, 0.25) is 0 Å². The second-order valence-electron chi connectivity index (χ2n) is 7.04. The van der Waals surface area contributed by atoms with Gasteiger partial charge in [0.2, 0.25) is 0 Å². The van der Waals surface area contributed by atoms with Crippen LogP contribution in [0.5, 0.6) is 0 Å². The fourth-order valence-electron chi connectivity index (χ4n) is 3.42. The van der Waals surface area contributed by atoms with Gasteiger partial charge in [-0.25, -0.2) is 0 Å². The topological polar surface area (TPSA) is 20.3 Å². The van der Waals surface area contributed by atoms with Crippen molar-refractivity contribution in [2.24, 2.45) is 0 Å². The van der Waals surface area contributed by atoms with Crippen LogP contribution in [0.25, 0.3) is 12.2 Å². The lowest BCUT2D eigenvalue weighted by Crippen LogP contribution is -2.34. The van der Waals surface area contributed by atoms with Crippen molar-refractivity contribution in [1.29, 1.82) is 0 Å². The average molecular weight is 345 g/mol. The highest BCUT2D eigenvalue weighted by Crippen LogP contribution is 2.22. The maximum Gasteiger partial charge on any atom is 0.187 e. The molecule has 1 aliphatic rings. The molecule has 0 bridgehead atoms. The van der Waals surface area contributed by atoms with Crippen molar-refractivity contribution >= 4 is 17.9 Å². The summed E-state index contributed by atoms with van der Waals surface area (Å²) >= 11 is 0. The van der Waals surface area contributed by atoms with Gasteiger partial charge in [-0.1, -0.05) is 62.4 Å². The zero-order valence-corrected chi connectivity index (χ0v) is 16.0. The highest BCUT2D eigenvalue weighted by molar-refractivity contribution is 6.14. The summed E-state index contributed by atoms with van der Waals surface area (Å²) in [7, 11) is 2.07. The molecule has 0 spiro atoms. The minimum Gasteiger partial charge on any atom is -0.298 e. The summed E-state index contributed by atoms with van der Waals surface area (Å²) in [6.45, 7) is 5.69. The Morgan fingerprint density at radius 3 is 1.73 bits per heavy atom. The van der Waals surface area contributed by atoms with E-state index in [-0.39, 0.29) is 5.78 Å². The van der Waals surface area contributed by atoms with Crippen LogP contribution in [-0.2, 0) is 17.6 Å². The Bertz CT molecular complexity index is 791. The number of ketones is 1. The highest BCUT2D eigenvalue weighted by atomic mass is 16.1. The van der Waals surface area contributed by atoms with Crippen molar-refractivity contribution in [3.05, 3.63) is 81.9 Å². The minimum atomic E-state index is 0.173. The second-order valence-corrected chi connectivity index (χ2v) is 7.04. The molecule has 0 aliphatic carbocycles. The first kappa shape index (κ1) is 18.3. The summed E-state index contributed by atoms with van der Waals surface area (Å²) in [5, 5.41) is 0. The van der Waals surface area contributed by atoms with Gasteiger partial charge in [0.1, 0.15) is 0 Å². The number of carbonyl (C=O) groups excluding carboxylic acids is 1. The van der Waals surface area contributed by atoms with Crippen molar-refractivity contribution in [2.75, 3.05) is 20.1 Å². The normalized spacial score (nSPS) is 18.7. The highest BCUT2D eigenvalue weighted by Gasteiger charge is 2.23. The number of likely N-dealkylation sites (N-methyl/N-ethyl adjacent to an activating group) is 1. The van der Waals surface area contributed by atoms with E-state index >= 15 is 0 Å². The lowest BCUT2D eigenvalue weighted by atomic mass is 9.94. The second kappa shape index (κ2) is 8.29. The molecular weight excluding hydrogens is 318 g/mol. The van der Waals surface area contributed by atoms with E-state index in [0.717, 1.165) is 35.1 Å². The van der Waals surface area contributed by atoms with Crippen molar-refractivity contribution in [2.45, 2.75) is 26.7 Å². The quantitative estimate of drug-likeness (QED) is 0.742. The van der Waals surface area contributed by atoms with Gasteiger partial charge in [-0.15, -0.1) is 0 Å². The Balaban J connectivity index is 1.92. The van der Waals surface area contributed by atoms with Crippen molar-refractivity contribution < 1.29 is 4.79 Å². The van der Waals surface area contributed by atoms with E-state index in [1.54, 1.807) is 0 Å². The Morgan fingerprint density at radius 1 is 0.846 bits per heavy atom. The predicted molar refractivity (Wildman–Crippen MR) is 110 cm³/mol. The summed E-state index contributed by atoms with van der Waals surface area (Å²) in [5.74, 6) is 0.173. The molecule has 0 N–H and O–H groups in total. The van der Waals surface area contributed by atoms with E-state index in [1.807, 2.05) is 12.2 Å². The molecule has 134 valence electrons. The van der Waals surface area contributed by atoms with Gasteiger partial charge >= 0.3 is 0 Å². The first-order valence-electron chi connectivity index (χ1n) is 9.41. The lowest BCUT2D eigenvalue weighted by molar-refractivity contribution is -0.113. The molecule has 0 aromatic heterocycles. The van der Waals surface area contributed by atoms with Crippen LogP contribution in [0.1, 0.15) is 36.1 Å². The van der Waals surface area contributed by atoms with E-state index in [4.69, 9.17) is 0 Å². The van der Waals surface area contributed by atoms with Gasteiger partial charge in [0.15, 0.2) is 5.78 Å². The predicted octanol–water partition coefficient (Wildman–Crippen LogP) is 4.79. The first-order chi connectivity index (χ1) is 12.6. The number of nitrogens with zero attached hydrogens (tertiary/aromatic N) is 1. The molecule has 0 saturated carbocycles. The van der Waals surface area contributed by atoms with Crippen LogP contribution in [0.3, 0.4) is 0 Å². The number of likely N-dealkylation sites (tertiary alicyclic amines) is 1. The van der Waals surface area contributed by atoms with Crippen LogP contribution >= 0.6 is 0 Å². The van der Waals surface area contributed by atoms with Gasteiger partial charge < -0.3 is 0 Å². The largest absolute Gasteiger partial charge is 0.298 e. The van der Waals surface area contributed by atoms with Crippen LogP contribution in [0.4, 0.5) is 0 Å². The summed E-state index contributed by atoms with van der Waals surface area (Å²) < 4.78 is 0. The van der Waals surface area contributed by atoms with E-state index in [0.29, 0.717) is 13.1 Å². The van der Waals surface area contributed by atoms with E-state index in [9.17, 15) is 4.79 Å². The summed E-state index contributed by atoms with van der Waals surface area (Å²) in [6, 6.07) is 16.9. The zero-order chi connectivity index (χ0) is 18.5. The van der Waals surface area contributed by atoms with Gasteiger partial charge in [-0.05, 0) is 54.3 Å². The summed E-state index contributed by atoms with van der Waals surface area (Å²) in [5.41, 5.74) is 6.53. The Morgan fingerprint density at radius 2 is 1.31 bits per heavy atom. The molecule has 3 rings (SSSR count). The van der Waals surface area contributed by atoms with Gasteiger partial charge in [0.05, 0.1) is 0 Å². The minimum absolute atomic E-state index is 0.173. The first-order valence-corrected chi connectivity index (χ1v) is 9.41. The standard InChI is InChI=1S/C24H27NO/c1-4-18-8-6-10-20(12-18)14-22-16-25(3)17-23(24(22)26)15-21-11-7-9-19(5-2)13-21/h6-15H,4-5,16-17H2,1-3H3. The molecule has 0 atom stereocenters. The number of hydrogen-bond acceptors (Lipinski definition) is 2. The summed E-state index contributed by atoms with van der Waals surface area (Å²) in [4.78, 5) is 15.2. The molecule has 2 nitrogen and oxygen atoms in total. The maximum atomic E-state index is 13.0. The number of hydrogen-bond donors (Lipinski definition) is 0. The van der Waals surface area contributed by atoms with E-state index < -0.39 is 0 Å². The number of rotatable bonds is 4. The van der Waals surface area contributed by atoms with E-state index in [2.05, 4.69) is 74.3 Å². The lowest BCUT2D eigenvalue weighted by Gasteiger charge is -2.26. The zero-order valence-electron chi connectivity index (χ0n) is 16.0. The van der Waals surface area contributed by atoms with E-state index in [1.165, 1.54) is 11.1 Å².